The zero-order valence-electron chi connectivity index (χ0n) is 3.44. The van der Waals surface area contributed by atoms with Crippen LogP contribution in [0.2, 0.25) is 0 Å². The predicted molar refractivity (Wildman–Crippen MR) is 26.7 cm³/mol. The molecule has 0 aromatic rings. The molecule has 0 heterocycles. The van der Waals surface area contributed by atoms with E-state index in [-0.39, 0.29) is 18.9 Å². The van der Waals surface area contributed by atoms with Crippen molar-refractivity contribution in [2.24, 2.45) is 0 Å². The molecule has 0 aromatic heterocycles. The van der Waals surface area contributed by atoms with Crippen LogP contribution in [0.3, 0.4) is 0 Å². The van der Waals surface area contributed by atoms with Gasteiger partial charge in [-0.2, -0.15) is 0 Å². The SMILES string of the molecule is C=C[SiH2]O.[Li]. The molecule has 0 saturated carbocycles. The van der Waals surface area contributed by atoms with Gasteiger partial charge in [0.05, 0.1) is 0 Å². The van der Waals surface area contributed by atoms with Crippen molar-refractivity contribution in [1.29, 1.82) is 0 Å². The fraction of sp³-hybridized carbons (Fsp3) is 0. The van der Waals surface area contributed by atoms with Gasteiger partial charge in [0.15, 0.2) is 9.76 Å². The first-order chi connectivity index (χ1) is 1.91. The largest absolute Gasteiger partial charge is 0.434 e. The summed E-state index contributed by atoms with van der Waals surface area (Å²) in [6.45, 7) is 3.29. The van der Waals surface area contributed by atoms with Crippen LogP contribution >= 0.6 is 0 Å². The molecule has 0 aliphatic heterocycles. The van der Waals surface area contributed by atoms with Crippen molar-refractivity contribution < 1.29 is 4.80 Å². The molecule has 0 rings (SSSR count). The van der Waals surface area contributed by atoms with Gasteiger partial charge in [0.2, 0.25) is 0 Å². The quantitative estimate of drug-likeness (QED) is 0.394. The van der Waals surface area contributed by atoms with E-state index in [0.717, 1.165) is 0 Å². The summed E-state index contributed by atoms with van der Waals surface area (Å²) in [7, 11) is -0.812. The molecule has 1 nitrogen and oxygen atoms in total. The molecule has 0 atom stereocenters. The van der Waals surface area contributed by atoms with Crippen molar-refractivity contribution in [3.63, 3.8) is 0 Å². The second-order valence-electron chi connectivity index (χ2n) is 0.471. The summed E-state index contributed by atoms with van der Waals surface area (Å²) in [5.41, 5.74) is 1.57. The van der Waals surface area contributed by atoms with Gasteiger partial charge in [0.1, 0.15) is 0 Å². The van der Waals surface area contributed by atoms with Gasteiger partial charge < -0.3 is 4.80 Å². The Balaban J connectivity index is 0. The standard InChI is InChI=1S/C2H6OSi.Li/c1-2-4-3;/h2-3H,1,4H2;. The number of rotatable bonds is 1. The summed E-state index contributed by atoms with van der Waals surface area (Å²) in [6.07, 6.45) is 0. The van der Waals surface area contributed by atoms with Crippen LogP contribution in [0.25, 0.3) is 0 Å². The Morgan fingerprint density at radius 3 is 2.00 bits per heavy atom. The van der Waals surface area contributed by atoms with Gasteiger partial charge in [-0.1, -0.05) is 5.70 Å². The molecule has 0 unspecified atom stereocenters. The van der Waals surface area contributed by atoms with Crippen LogP contribution in [-0.4, -0.2) is 33.4 Å². The van der Waals surface area contributed by atoms with E-state index in [0.29, 0.717) is 0 Å². The molecule has 25 valence electrons. The number of hydrogen-bond acceptors (Lipinski definition) is 1. The molecule has 0 aliphatic rings. The summed E-state index contributed by atoms with van der Waals surface area (Å²) in [5.74, 6) is 0. The van der Waals surface area contributed by atoms with Crippen molar-refractivity contribution in [3.05, 3.63) is 12.3 Å². The molecule has 0 aliphatic carbocycles. The maximum Gasteiger partial charge on any atom is 0.180 e. The Kier molecular flexibility index (Phi) is 16.0. The van der Waals surface area contributed by atoms with E-state index < -0.39 is 9.76 Å². The molecule has 0 saturated heterocycles. The molecule has 0 aromatic carbocycles. The third-order valence-electron chi connectivity index (χ3n) is 0.129. The van der Waals surface area contributed by atoms with Crippen LogP contribution in [0.4, 0.5) is 0 Å². The molecule has 0 fully saturated rings. The molecule has 5 heavy (non-hydrogen) atoms. The summed E-state index contributed by atoms with van der Waals surface area (Å²) >= 11 is 0. The van der Waals surface area contributed by atoms with Gasteiger partial charge in [-0.15, -0.1) is 6.58 Å². The number of hydrogen-bond donors (Lipinski definition) is 1. The van der Waals surface area contributed by atoms with E-state index in [4.69, 9.17) is 4.80 Å². The Bertz CT molecular complexity index is 23.6. The Morgan fingerprint density at radius 2 is 2.00 bits per heavy atom. The molecule has 0 amide bonds. The minimum absolute atomic E-state index is 0. The van der Waals surface area contributed by atoms with Crippen LogP contribution in [0, 0.1) is 0 Å². The van der Waals surface area contributed by atoms with E-state index in [1.165, 1.54) is 0 Å². The predicted octanol–water partition coefficient (Wildman–Crippen LogP) is -1.17. The third-order valence-corrected chi connectivity index (χ3v) is 0.387. The van der Waals surface area contributed by atoms with E-state index in [2.05, 4.69) is 6.58 Å². The van der Waals surface area contributed by atoms with Crippen LogP contribution in [0.5, 0.6) is 0 Å². The first kappa shape index (κ1) is 9.10. The summed E-state index contributed by atoms with van der Waals surface area (Å²) in [6, 6.07) is 0. The van der Waals surface area contributed by atoms with Crippen molar-refractivity contribution in [2.45, 2.75) is 0 Å². The zero-order valence-corrected chi connectivity index (χ0v) is 4.85. The second kappa shape index (κ2) is 8.82. The van der Waals surface area contributed by atoms with Crippen molar-refractivity contribution in [1.82, 2.24) is 0 Å². The molecule has 1 radical (unpaired) electrons. The maximum absolute atomic E-state index is 7.90. The topological polar surface area (TPSA) is 20.2 Å². The Hall–Kier alpha value is 0.514. The van der Waals surface area contributed by atoms with E-state index in [1.807, 2.05) is 0 Å². The van der Waals surface area contributed by atoms with Gasteiger partial charge in [-0.25, -0.2) is 0 Å². The van der Waals surface area contributed by atoms with E-state index in [9.17, 15) is 0 Å². The minimum atomic E-state index is -0.812. The normalized spacial score (nSPS) is 7.40. The summed E-state index contributed by atoms with van der Waals surface area (Å²) in [4.78, 5) is 7.90. The van der Waals surface area contributed by atoms with Gasteiger partial charge in [0.25, 0.3) is 0 Å². The molecular formula is C2H6LiOSi. The molecule has 0 spiro atoms. The molecular weight excluding hydrogens is 75.0 g/mol. The van der Waals surface area contributed by atoms with Gasteiger partial charge in [-0.3, -0.25) is 0 Å². The van der Waals surface area contributed by atoms with Gasteiger partial charge in [-0.05, 0) is 0 Å². The van der Waals surface area contributed by atoms with Crippen molar-refractivity contribution in [3.8, 4) is 0 Å². The van der Waals surface area contributed by atoms with Crippen LogP contribution in [-0.2, 0) is 0 Å². The smallest absolute Gasteiger partial charge is 0.180 e. The van der Waals surface area contributed by atoms with E-state index >= 15 is 0 Å². The first-order valence-electron chi connectivity index (χ1n) is 1.13. The summed E-state index contributed by atoms with van der Waals surface area (Å²) < 4.78 is 0. The second-order valence-corrected chi connectivity index (χ2v) is 1.41. The van der Waals surface area contributed by atoms with Crippen LogP contribution in [0.15, 0.2) is 12.3 Å². The Labute approximate surface area is 46.2 Å². The minimum Gasteiger partial charge on any atom is -0.434 e. The van der Waals surface area contributed by atoms with E-state index in [1.54, 1.807) is 5.70 Å². The first-order valence-corrected chi connectivity index (χ1v) is 2.58. The molecule has 1 N–H and O–H groups in total. The average molecular weight is 81.1 g/mol. The average Bonchev–Trinajstić information content (AvgIpc) is 1.37. The maximum atomic E-state index is 7.90. The Morgan fingerprint density at radius 1 is 1.80 bits per heavy atom. The molecule has 3 heteroatoms. The fourth-order valence-corrected chi connectivity index (χ4v) is 0. The zero-order chi connectivity index (χ0) is 3.41. The van der Waals surface area contributed by atoms with Crippen molar-refractivity contribution >= 4 is 28.6 Å². The summed E-state index contributed by atoms with van der Waals surface area (Å²) in [5, 5.41) is 0. The van der Waals surface area contributed by atoms with Crippen LogP contribution in [0.1, 0.15) is 0 Å². The van der Waals surface area contributed by atoms with Gasteiger partial charge >= 0.3 is 0 Å². The molecule has 0 bridgehead atoms. The fourth-order valence-electron chi connectivity index (χ4n) is 0. The third kappa shape index (κ3) is 12.4. The van der Waals surface area contributed by atoms with Crippen LogP contribution < -0.4 is 0 Å². The van der Waals surface area contributed by atoms with Gasteiger partial charge in [0, 0.05) is 18.9 Å². The monoisotopic (exact) mass is 81.0 g/mol. The van der Waals surface area contributed by atoms with Crippen molar-refractivity contribution in [2.75, 3.05) is 0 Å².